The number of benzene rings is 1. The lowest BCUT2D eigenvalue weighted by Gasteiger charge is -2.33. The Morgan fingerprint density at radius 1 is 1.23 bits per heavy atom. The van der Waals surface area contributed by atoms with E-state index in [9.17, 15) is 14.4 Å². The fourth-order valence-electron chi connectivity index (χ4n) is 4.74. The minimum absolute atomic E-state index is 0.0433. The highest BCUT2D eigenvalue weighted by Crippen LogP contribution is 2.54. The van der Waals surface area contributed by atoms with Gasteiger partial charge >= 0.3 is 0 Å². The van der Waals surface area contributed by atoms with Crippen molar-refractivity contribution in [1.29, 1.82) is 0 Å². The van der Waals surface area contributed by atoms with Crippen molar-refractivity contribution >= 4 is 17.5 Å². The van der Waals surface area contributed by atoms with Gasteiger partial charge in [-0.25, -0.2) is 4.98 Å². The fourth-order valence-corrected chi connectivity index (χ4v) is 4.74. The largest absolute Gasteiger partial charge is 0.330 e. The molecule has 9 nitrogen and oxygen atoms in total. The maximum absolute atomic E-state index is 13.4. The third kappa shape index (κ3) is 2.44. The number of aryl methyl sites for hydroxylation is 2. The molecule has 152 valence electrons. The van der Waals surface area contributed by atoms with Gasteiger partial charge in [-0.05, 0) is 25.0 Å². The van der Waals surface area contributed by atoms with E-state index in [-0.39, 0.29) is 11.5 Å². The van der Waals surface area contributed by atoms with Crippen molar-refractivity contribution in [3.05, 3.63) is 75.7 Å². The molecular weight excluding hydrogens is 384 g/mol. The van der Waals surface area contributed by atoms with Gasteiger partial charge in [0.1, 0.15) is 16.8 Å². The Balaban J connectivity index is 1.67. The van der Waals surface area contributed by atoms with Crippen LogP contribution in [0.1, 0.15) is 39.8 Å². The highest BCUT2D eigenvalue weighted by Gasteiger charge is 2.59. The molecule has 2 atom stereocenters. The second-order valence-corrected chi connectivity index (χ2v) is 7.78. The van der Waals surface area contributed by atoms with Crippen LogP contribution in [0.25, 0.3) is 0 Å². The van der Waals surface area contributed by atoms with Crippen molar-refractivity contribution < 1.29 is 9.59 Å². The Labute approximate surface area is 171 Å². The number of carbonyl (C=O) groups excluding carboxylic acids is 2. The number of hydrogen-bond donors (Lipinski definition) is 2. The van der Waals surface area contributed by atoms with E-state index in [4.69, 9.17) is 0 Å². The molecule has 0 aliphatic carbocycles. The zero-order valence-corrected chi connectivity index (χ0v) is 16.5. The van der Waals surface area contributed by atoms with Gasteiger partial charge in [0.15, 0.2) is 0 Å². The van der Waals surface area contributed by atoms with Gasteiger partial charge in [0.05, 0.1) is 12.2 Å². The van der Waals surface area contributed by atoms with Crippen molar-refractivity contribution in [1.82, 2.24) is 24.6 Å². The van der Waals surface area contributed by atoms with Crippen molar-refractivity contribution in [2.45, 2.75) is 24.8 Å². The van der Waals surface area contributed by atoms with Crippen LogP contribution in [0.3, 0.4) is 0 Å². The first-order valence-electron chi connectivity index (χ1n) is 9.68. The lowest BCUT2D eigenvalue weighted by Crippen LogP contribution is -2.43. The number of para-hydroxylation sites is 1. The average Bonchev–Trinajstić information content (AvgIpc) is 3.39. The van der Waals surface area contributed by atoms with Crippen LogP contribution in [-0.2, 0) is 17.3 Å². The molecule has 30 heavy (non-hydrogen) atoms. The summed E-state index contributed by atoms with van der Waals surface area (Å²) in [6.07, 6.45) is 5.22. The van der Waals surface area contributed by atoms with E-state index in [0.29, 0.717) is 18.8 Å². The summed E-state index contributed by atoms with van der Waals surface area (Å²) in [6, 6.07) is 6.95. The van der Waals surface area contributed by atoms with Crippen LogP contribution < -0.4 is 10.9 Å². The Hall–Kier alpha value is -3.75. The molecule has 1 spiro atoms. The van der Waals surface area contributed by atoms with E-state index in [1.165, 1.54) is 6.20 Å². The maximum Gasteiger partial charge on any atom is 0.263 e. The van der Waals surface area contributed by atoms with Gasteiger partial charge in [0.25, 0.3) is 11.5 Å². The smallest absolute Gasteiger partial charge is 0.263 e. The molecule has 0 unspecified atom stereocenters. The topological polar surface area (TPSA) is 113 Å². The molecule has 9 heteroatoms. The lowest BCUT2D eigenvalue weighted by molar-refractivity contribution is -0.121. The van der Waals surface area contributed by atoms with Crippen LogP contribution in [-0.4, -0.2) is 43.0 Å². The number of H-pyrrole nitrogens is 1. The molecule has 2 aliphatic rings. The van der Waals surface area contributed by atoms with Gasteiger partial charge in [-0.15, -0.1) is 0 Å². The third-order valence-electron chi connectivity index (χ3n) is 6.04. The van der Waals surface area contributed by atoms with Gasteiger partial charge < -0.3 is 15.2 Å². The van der Waals surface area contributed by atoms with Gasteiger partial charge in [-0.1, -0.05) is 18.2 Å². The molecule has 2 amide bonds. The lowest BCUT2D eigenvalue weighted by atomic mass is 9.73. The van der Waals surface area contributed by atoms with Gasteiger partial charge in [-0.3, -0.25) is 19.1 Å². The minimum Gasteiger partial charge on any atom is -0.330 e. The Kier molecular flexibility index (Phi) is 3.89. The van der Waals surface area contributed by atoms with Gasteiger partial charge in [-0.2, -0.15) is 5.10 Å². The predicted octanol–water partition coefficient (Wildman–Crippen LogP) is 1.29. The summed E-state index contributed by atoms with van der Waals surface area (Å²) in [5.74, 6) is -0.169. The standard InChI is InChI=1S/C21H20N6O3/c1-12-22-10-14(18(28)24-12)19(29)27-8-7-21(17(27)13-9-23-26(2)11-13)15-5-3-4-6-16(15)25-20(21)30/h3-6,9-11,17H,7-8H2,1-2H3,(H,25,30)(H,22,24,28)/t17-,21+/m0/s1. The number of nitrogens with zero attached hydrogens (tertiary/aromatic N) is 4. The fraction of sp³-hybridized carbons (Fsp3) is 0.286. The summed E-state index contributed by atoms with van der Waals surface area (Å²) in [5, 5.41) is 7.23. The first kappa shape index (κ1) is 18.3. The van der Waals surface area contributed by atoms with E-state index in [0.717, 1.165) is 16.8 Å². The Morgan fingerprint density at radius 3 is 2.77 bits per heavy atom. The molecule has 1 aromatic carbocycles. The molecule has 0 saturated carbocycles. The molecule has 5 rings (SSSR count). The number of carbonyl (C=O) groups is 2. The maximum atomic E-state index is 13.4. The molecule has 0 bridgehead atoms. The Bertz CT molecular complexity index is 1250. The number of amides is 2. The number of fused-ring (bicyclic) bond motifs is 2. The summed E-state index contributed by atoms with van der Waals surface area (Å²) in [6.45, 7) is 1.98. The molecule has 2 N–H and O–H groups in total. The van der Waals surface area contributed by atoms with Crippen molar-refractivity contribution in [3.8, 4) is 0 Å². The predicted molar refractivity (Wildman–Crippen MR) is 108 cm³/mol. The van der Waals surface area contributed by atoms with Gasteiger partial charge in [0.2, 0.25) is 5.91 Å². The second-order valence-electron chi connectivity index (χ2n) is 7.78. The van der Waals surface area contributed by atoms with Crippen molar-refractivity contribution in [2.24, 2.45) is 7.05 Å². The second kappa shape index (κ2) is 6.38. The summed E-state index contributed by atoms with van der Waals surface area (Å²) < 4.78 is 1.64. The molecule has 2 aliphatic heterocycles. The monoisotopic (exact) mass is 404 g/mol. The highest BCUT2D eigenvalue weighted by atomic mass is 16.2. The number of rotatable bonds is 2. The number of likely N-dealkylation sites (tertiary alicyclic amines) is 1. The number of anilines is 1. The number of hydrogen-bond acceptors (Lipinski definition) is 5. The first-order chi connectivity index (χ1) is 14.4. The van der Waals surface area contributed by atoms with Crippen LogP contribution in [0.4, 0.5) is 5.69 Å². The molecule has 4 heterocycles. The van der Waals surface area contributed by atoms with Crippen LogP contribution in [0.15, 0.2) is 47.7 Å². The molecule has 3 aromatic rings. The highest BCUT2D eigenvalue weighted by molar-refractivity contribution is 6.08. The van der Waals surface area contributed by atoms with Crippen LogP contribution >= 0.6 is 0 Å². The van der Waals surface area contributed by atoms with Crippen LogP contribution in [0, 0.1) is 6.92 Å². The SMILES string of the molecule is Cc1ncc(C(=O)N2CC[C@]3(C(=O)Nc4ccccc43)[C@@H]2c2cnn(C)c2)c(=O)[nH]1. The number of aromatic amines is 1. The molecule has 1 fully saturated rings. The normalized spacial score (nSPS) is 22.4. The zero-order valence-electron chi connectivity index (χ0n) is 16.5. The van der Waals surface area contributed by atoms with E-state index in [1.807, 2.05) is 30.5 Å². The van der Waals surface area contributed by atoms with E-state index < -0.39 is 22.9 Å². The van der Waals surface area contributed by atoms with Gasteiger partial charge in [0, 0.05) is 37.2 Å². The van der Waals surface area contributed by atoms with E-state index >= 15 is 0 Å². The molecule has 2 aromatic heterocycles. The molecular formula is C21H20N6O3. The number of nitrogens with one attached hydrogen (secondary N) is 2. The summed E-state index contributed by atoms with van der Waals surface area (Å²) in [7, 11) is 1.79. The zero-order chi connectivity index (χ0) is 21.0. The quantitative estimate of drug-likeness (QED) is 0.668. The summed E-state index contributed by atoms with van der Waals surface area (Å²) in [4.78, 5) is 47.4. The molecule has 0 radical (unpaired) electrons. The summed E-state index contributed by atoms with van der Waals surface area (Å²) in [5.41, 5.74) is 0.871. The first-order valence-corrected chi connectivity index (χ1v) is 9.68. The average molecular weight is 404 g/mol. The van der Waals surface area contributed by atoms with Crippen LogP contribution in [0.2, 0.25) is 0 Å². The van der Waals surface area contributed by atoms with Crippen LogP contribution in [0.5, 0.6) is 0 Å². The van der Waals surface area contributed by atoms with Crippen molar-refractivity contribution in [2.75, 3.05) is 11.9 Å². The summed E-state index contributed by atoms with van der Waals surface area (Å²) >= 11 is 0. The number of aromatic nitrogens is 4. The molecule has 1 saturated heterocycles. The van der Waals surface area contributed by atoms with E-state index in [1.54, 1.807) is 29.7 Å². The van der Waals surface area contributed by atoms with E-state index in [2.05, 4.69) is 20.4 Å². The minimum atomic E-state index is -0.944. The Morgan fingerprint density at radius 2 is 2.03 bits per heavy atom. The third-order valence-corrected chi connectivity index (χ3v) is 6.04. The van der Waals surface area contributed by atoms with Crippen molar-refractivity contribution in [3.63, 3.8) is 0 Å².